The lowest BCUT2D eigenvalue weighted by Gasteiger charge is -2.21. The van der Waals surface area contributed by atoms with Gasteiger partial charge < -0.3 is 15.1 Å². The molecule has 0 aliphatic heterocycles. The van der Waals surface area contributed by atoms with Crippen molar-refractivity contribution in [3.05, 3.63) is 71.4 Å². The minimum atomic E-state index is -0.177. The van der Waals surface area contributed by atoms with Crippen LogP contribution in [0, 0.1) is 5.92 Å². The SMILES string of the molecule is O=C(NCCC1CCCCC1)c1ccc(-c2ccc(NC(=O)c3cc4cccnc4s3)cc2)o1. The van der Waals surface area contributed by atoms with Crippen LogP contribution in [0.25, 0.3) is 21.5 Å². The van der Waals surface area contributed by atoms with Gasteiger partial charge in [-0.2, -0.15) is 0 Å². The van der Waals surface area contributed by atoms with Gasteiger partial charge in [-0.3, -0.25) is 9.59 Å². The van der Waals surface area contributed by atoms with Gasteiger partial charge in [-0.15, -0.1) is 11.3 Å². The highest BCUT2D eigenvalue weighted by molar-refractivity contribution is 7.20. The molecule has 1 saturated carbocycles. The van der Waals surface area contributed by atoms with E-state index in [2.05, 4.69) is 15.6 Å². The second kappa shape index (κ2) is 10.2. The zero-order valence-electron chi connectivity index (χ0n) is 18.9. The van der Waals surface area contributed by atoms with Crippen molar-refractivity contribution in [3.8, 4) is 11.3 Å². The summed E-state index contributed by atoms with van der Waals surface area (Å²) in [5, 5.41) is 6.86. The number of nitrogens with one attached hydrogen (secondary N) is 2. The first kappa shape index (κ1) is 22.3. The van der Waals surface area contributed by atoms with E-state index in [1.165, 1.54) is 43.4 Å². The summed E-state index contributed by atoms with van der Waals surface area (Å²) < 4.78 is 5.79. The van der Waals surface area contributed by atoms with Gasteiger partial charge in [-0.1, -0.05) is 38.2 Å². The number of hydrogen-bond acceptors (Lipinski definition) is 5. The van der Waals surface area contributed by atoms with E-state index in [0.29, 0.717) is 28.6 Å². The third kappa shape index (κ3) is 5.20. The fourth-order valence-corrected chi connectivity index (χ4v) is 5.36. The van der Waals surface area contributed by atoms with Crippen LogP contribution in [-0.4, -0.2) is 23.3 Å². The fourth-order valence-electron chi connectivity index (χ4n) is 4.46. The van der Waals surface area contributed by atoms with E-state index in [0.717, 1.165) is 28.1 Å². The van der Waals surface area contributed by atoms with Gasteiger partial charge in [0.1, 0.15) is 10.6 Å². The molecule has 1 aliphatic rings. The molecule has 2 amide bonds. The summed E-state index contributed by atoms with van der Waals surface area (Å²) in [6.45, 7) is 0.684. The number of rotatable bonds is 7. The molecule has 0 radical (unpaired) electrons. The van der Waals surface area contributed by atoms with Crippen LogP contribution < -0.4 is 10.6 Å². The summed E-state index contributed by atoms with van der Waals surface area (Å²) in [5.41, 5.74) is 1.52. The highest BCUT2D eigenvalue weighted by Crippen LogP contribution is 2.27. The average molecular weight is 474 g/mol. The van der Waals surface area contributed by atoms with Crippen LogP contribution in [0.15, 0.2) is 65.2 Å². The maximum Gasteiger partial charge on any atom is 0.287 e. The summed E-state index contributed by atoms with van der Waals surface area (Å²) in [7, 11) is 0. The van der Waals surface area contributed by atoms with E-state index in [9.17, 15) is 9.59 Å². The molecule has 1 aliphatic carbocycles. The summed E-state index contributed by atoms with van der Waals surface area (Å²) in [6, 6.07) is 16.5. The summed E-state index contributed by atoms with van der Waals surface area (Å²) in [5.74, 6) is 1.32. The molecule has 6 nitrogen and oxygen atoms in total. The van der Waals surface area contributed by atoms with Crippen molar-refractivity contribution < 1.29 is 14.0 Å². The third-order valence-corrected chi connectivity index (χ3v) is 7.40. The van der Waals surface area contributed by atoms with Crippen LogP contribution >= 0.6 is 11.3 Å². The molecule has 0 saturated heterocycles. The quantitative estimate of drug-likeness (QED) is 0.320. The fraction of sp³-hybridized carbons (Fsp3) is 0.296. The molecule has 7 heteroatoms. The van der Waals surface area contributed by atoms with Crippen molar-refractivity contribution in [2.45, 2.75) is 38.5 Å². The monoisotopic (exact) mass is 473 g/mol. The van der Waals surface area contributed by atoms with Gasteiger partial charge in [0.15, 0.2) is 5.76 Å². The number of thiophene rings is 1. The van der Waals surface area contributed by atoms with Gasteiger partial charge in [-0.25, -0.2) is 4.98 Å². The molecular formula is C27H27N3O3S. The summed E-state index contributed by atoms with van der Waals surface area (Å²) in [4.78, 5) is 30.8. The molecule has 0 unspecified atom stereocenters. The molecule has 0 atom stereocenters. The highest BCUT2D eigenvalue weighted by Gasteiger charge is 2.16. The highest BCUT2D eigenvalue weighted by atomic mass is 32.1. The molecule has 3 heterocycles. The number of anilines is 1. The Morgan fingerprint density at radius 1 is 1.00 bits per heavy atom. The molecule has 174 valence electrons. The van der Waals surface area contributed by atoms with E-state index in [1.807, 2.05) is 42.5 Å². The second-order valence-corrected chi connectivity index (χ2v) is 9.78. The van der Waals surface area contributed by atoms with Gasteiger partial charge in [-0.05, 0) is 60.9 Å². The van der Waals surface area contributed by atoms with Gasteiger partial charge in [0.25, 0.3) is 11.8 Å². The molecule has 5 rings (SSSR count). The molecular weight excluding hydrogens is 446 g/mol. The Bertz CT molecular complexity index is 1250. The number of carbonyl (C=O) groups excluding carboxylic acids is 2. The van der Waals surface area contributed by atoms with Crippen LogP contribution in [0.3, 0.4) is 0 Å². The predicted molar refractivity (Wildman–Crippen MR) is 135 cm³/mol. The van der Waals surface area contributed by atoms with Crippen molar-refractivity contribution in [2.24, 2.45) is 5.92 Å². The van der Waals surface area contributed by atoms with Gasteiger partial charge in [0.05, 0.1) is 4.88 Å². The lowest BCUT2D eigenvalue weighted by atomic mass is 9.87. The molecule has 34 heavy (non-hydrogen) atoms. The maximum absolute atomic E-state index is 12.6. The number of benzene rings is 1. The van der Waals surface area contributed by atoms with Crippen LogP contribution in [0.1, 0.15) is 58.8 Å². The first-order valence-corrected chi connectivity index (χ1v) is 12.6. The first-order valence-electron chi connectivity index (χ1n) is 11.8. The third-order valence-electron chi connectivity index (χ3n) is 6.34. The Hall–Kier alpha value is -3.45. The number of carbonyl (C=O) groups is 2. The zero-order chi connectivity index (χ0) is 23.3. The molecule has 1 fully saturated rings. The molecule has 2 N–H and O–H groups in total. The van der Waals surface area contributed by atoms with Crippen molar-refractivity contribution in [1.29, 1.82) is 0 Å². The first-order chi connectivity index (χ1) is 16.7. The second-order valence-electron chi connectivity index (χ2n) is 8.75. The van der Waals surface area contributed by atoms with Crippen LogP contribution in [-0.2, 0) is 0 Å². The minimum absolute atomic E-state index is 0.166. The Morgan fingerprint density at radius 3 is 2.62 bits per heavy atom. The van der Waals surface area contributed by atoms with Crippen LogP contribution in [0.2, 0.25) is 0 Å². The van der Waals surface area contributed by atoms with E-state index < -0.39 is 0 Å². The lowest BCUT2D eigenvalue weighted by molar-refractivity contribution is 0.0923. The number of pyridine rings is 1. The van der Waals surface area contributed by atoms with Crippen LogP contribution in [0.5, 0.6) is 0 Å². The molecule has 1 aromatic carbocycles. The number of furan rings is 1. The van der Waals surface area contributed by atoms with E-state index in [-0.39, 0.29) is 11.8 Å². The van der Waals surface area contributed by atoms with Crippen molar-refractivity contribution >= 4 is 39.1 Å². The number of amides is 2. The normalized spacial score (nSPS) is 14.2. The molecule has 0 bridgehead atoms. The Morgan fingerprint density at radius 2 is 1.82 bits per heavy atom. The topological polar surface area (TPSA) is 84.2 Å². The number of nitrogens with zero attached hydrogens (tertiary/aromatic N) is 1. The standard InChI is InChI=1S/C27H27N3O3S/c31-25(28-16-14-18-5-2-1-3-6-18)23-13-12-22(33-23)19-8-10-21(11-9-19)30-26(32)24-17-20-7-4-15-29-27(20)34-24/h4,7-13,15,17-18H,1-3,5-6,14,16H2,(H,28,31)(H,30,32). The van der Waals surface area contributed by atoms with Gasteiger partial charge in [0, 0.05) is 29.4 Å². The maximum atomic E-state index is 12.6. The molecule has 4 aromatic rings. The smallest absolute Gasteiger partial charge is 0.287 e. The number of hydrogen-bond donors (Lipinski definition) is 2. The number of aromatic nitrogens is 1. The number of fused-ring (bicyclic) bond motifs is 1. The lowest BCUT2D eigenvalue weighted by Crippen LogP contribution is -2.26. The van der Waals surface area contributed by atoms with Crippen molar-refractivity contribution in [1.82, 2.24) is 10.3 Å². The van der Waals surface area contributed by atoms with E-state index in [4.69, 9.17) is 4.42 Å². The minimum Gasteiger partial charge on any atom is -0.451 e. The largest absolute Gasteiger partial charge is 0.451 e. The summed E-state index contributed by atoms with van der Waals surface area (Å²) in [6.07, 6.45) is 9.27. The van der Waals surface area contributed by atoms with Crippen molar-refractivity contribution in [2.75, 3.05) is 11.9 Å². The summed E-state index contributed by atoms with van der Waals surface area (Å²) >= 11 is 1.37. The Balaban J connectivity index is 1.16. The Kier molecular flexibility index (Phi) is 6.72. The van der Waals surface area contributed by atoms with Crippen LogP contribution in [0.4, 0.5) is 5.69 Å². The molecule has 3 aromatic heterocycles. The van der Waals surface area contributed by atoms with E-state index in [1.54, 1.807) is 18.3 Å². The van der Waals surface area contributed by atoms with Gasteiger partial charge in [0.2, 0.25) is 0 Å². The van der Waals surface area contributed by atoms with Crippen molar-refractivity contribution in [3.63, 3.8) is 0 Å². The Labute approximate surface area is 202 Å². The van der Waals surface area contributed by atoms with Gasteiger partial charge >= 0.3 is 0 Å². The molecule has 0 spiro atoms. The van der Waals surface area contributed by atoms with E-state index >= 15 is 0 Å². The predicted octanol–water partition coefficient (Wildman–Crippen LogP) is 6.51. The average Bonchev–Trinajstić information content (AvgIpc) is 3.53. The zero-order valence-corrected chi connectivity index (χ0v) is 19.7.